The Labute approximate surface area is 139 Å². The van der Waals surface area contributed by atoms with E-state index in [9.17, 15) is 9.59 Å². The number of ether oxygens (including phenoxy) is 1. The van der Waals surface area contributed by atoms with Gasteiger partial charge in [0.05, 0.1) is 12.5 Å². The van der Waals surface area contributed by atoms with Crippen LogP contribution < -0.4 is 15.5 Å². The van der Waals surface area contributed by atoms with Gasteiger partial charge in [-0.15, -0.1) is 0 Å². The van der Waals surface area contributed by atoms with Gasteiger partial charge in [-0.3, -0.25) is 14.8 Å². The maximum atomic E-state index is 12.7. The SMILES string of the molecule is COc1ccc(C2(C(=O)N[C@H](CCSC)C(=O)NO)CC2)cc1. The molecule has 23 heavy (non-hydrogen) atoms. The first-order chi connectivity index (χ1) is 11.1. The molecular weight excluding hydrogens is 316 g/mol. The third-order valence-corrected chi connectivity index (χ3v) is 4.81. The normalized spacial score (nSPS) is 16.3. The summed E-state index contributed by atoms with van der Waals surface area (Å²) < 4.78 is 5.13. The van der Waals surface area contributed by atoms with Crippen molar-refractivity contribution in [2.24, 2.45) is 0 Å². The molecule has 2 amide bonds. The van der Waals surface area contributed by atoms with Gasteiger partial charge in [-0.25, -0.2) is 5.48 Å². The molecular formula is C16H22N2O4S. The van der Waals surface area contributed by atoms with Gasteiger partial charge < -0.3 is 10.1 Å². The number of hydrogen-bond acceptors (Lipinski definition) is 5. The van der Waals surface area contributed by atoms with Crippen molar-refractivity contribution in [1.29, 1.82) is 0 Å². The van der Waals surface area contributed by atoms with Crippen LogP contribution in [0.15, 0.2) is 24.3 Å². The van der Waals surface area contributed by atoms with Crippen molar-refractivity contribution in [1.82, 2.24) is 10.8 Å². The lowest BCUT2D eigenvalue weighted by molar-refractivity contribution is -0.135. The minimum Gasteiger partial charge on any atom is -0.497 e. The minimum absolute atomic E-state index is 0.169. The largest absolute Gasteiger partial charge is 0.497 e. The zero-order valence-electron chi connectivity index (χ0n) is 13.3. The maximum absolute atomic E-state index is 12.7. The summed E-state index contributed by atoms with van der Waals surface area (Å²) >= 11 is 1.58. The van der Waals surface area contributed by atoms with E-state index in [2.05, 4.69) is 5.32 Å². The minimum atomic E-state index is -0.726. The highest BCUT2D eigenvalue weighted by Gasteiger charge is 2.51. The predicted molar refractivity (Wildman–Crippen MR) is 88.8 cm³/mol. The van der Waals surface area contributed by atoms with Gasteiger partial charge in [-0.05, 0) is 49.0 Å². The highest BCUT2D eigenvalue weighted by atomic mass is 32.2. The Hall–Kier alpha value is -1.73. The predicted octanol–water partition coefficient (Wildman–Crippen LogP) is 1.47. The Morgan fingerprint density at radius 1 is 1.35 bits per heavy atom. The molecule has 0 spiro atoms. The molecule has 0 aromatic heterocycles. The zero-order chi connectivity index (χ0) is 16.9. The van der Waals surface area contributed by atoms with E-state index in [1.807, 2.05) is 30.5 Å². The fourth-order valence-electron chi connectivity index (χ4n) is 2.56. The molecule has 1 aliphatic carbocycles. The van der Waals surface area contributed by atoms with Crippen LogP contribution in [0.5, 0.6) is 5.75 Å². The highest BCUT2D eigenvalue weighted by molar-refractivity contribution is 7.98. The smallest absolute Gasteiger partial charge is 0.265 e. The number of amides is 2. The molecule has 0 bridgehead atoms. The molecule has 6 nitrogen and oxygen atoms in total. The molecule has 7 heteroatoms. The average molecular weight is 338 g/mol. The number of rotatable bonds is 8. The topological polar surface area (TPSA) is 87.7 Å². The van der Waals surface area contributed by atoms with Crippen molar-refractivity contribution in [2.45, 2.75) is 30.7 Å². The lowest BCUT2D eigenvalue weighted by atomic mass is 9.94. The number of hydroxylamine groups is 1. The molecule has 3 N–H and O–H groups in total. The molecule has 0 saturated heterocycles. The summed E-state index contributed by atoms with van der Waals surface area (Å²) in [6.45, 7) is 0. The van der Waals surface area contributed by atoms with E-state index in [1.165, 1.54) is 0 Å². The molecule has 0 heterocycles. The first kappa shape index (κ1) is 17.6. The molecule has 1 fully saturated rings. The van der Waals surface area contributed by atoms with E-state index in [0.717, 1.165) is 24.2 Å². The Kier molecular flexibility index (Phi) is 5.90. The fourth-order valence-corrected chi connectivity index (χ4v) is 3.03. The number of methoxy groups -OCH3 is 1. The van der Waals surface area contributed by atoms with E-state index in [-0.39, 0.29) is 5.91 Å². The number of carbonyl (C=O) groups excluding carboxylic acids is 2. The van der Waals surface area contributed by atoms with Gasteiger partial charge in [0.15, 0.2) is 0 Å². The summed E-state index contributed by atoms with van der Waals surface area (Å²) in [7, 11) is 1.60. The fraction of sp³-hybridized carbons (Fsp3) is 0.500. The van der Waals surface area contributed by atoms with Gasteiger partial charge in [0.2, 0.25) is 5.91 Å². The molecule has 126 valence electrons. The molecule has 1 aromatic carbocycles. The summed E-state index contributed by atoms with van der Waals surface area (Å²) in [4.78, 5) is 24.4. The van der Waals surface area contributed by atoms with Crippen molar-refractivity contribution in [3.8, 4) is 5.75 Å². The second-order valence-corrected chi connectivity index (χ2v) is 6.58. The molecule has 2 rings (SSSR count). The van der Waals surface area contributed by atoms with E-state index in [0.29, 0.717) is 12.2 Å². The van der Waals surface area contributed by atoms with Crippen LogP contribution in [0, 0.1) is 0 Å². The molecule has 1 aliphatic rings. The monoisotopic (exact) mass is 338 g/mol. The van der Waals surface area contributed by atoms with Crippen molar-refractivity contribution in [3.05, 3.63) is 29.8 Å². The van der Waals surface area contributed by atoms with E-state index in [1.54, 1.807) is 24.4 Å². The molecule has 0 radical (unpaired) electrons. The molecule has 0 aliphatic heterocycles. The van der Waals surface area contributed by atoms with E-state index < -0.39 is 17.4 Å². The van der Waals surface area contributed by atoms with Crippen LogP contribution in [0.25, 0.3) is 0 Å². The van der Waals surface area contributed by atoms with Crippen LogP contribution in [0.3, 0.4) is 0 Å². The Morgan fingerprint density at radius 2 is 2.00 bits per heavy atom. The molecule has 1 aromatic rings. The Morgan fingerprint density at radius 3 is 2.48 bits per heavy atom. The van der Waals surface area contributed by atoms with Crippen molar-refractivity contribution in [3.63, 3.8) is 0 Å². The summed E-state index contributed by atoms with van der Waals surface area (Å²) in [6.07, 6.45) is 3.90. The van der Waals surface area contributed by atoms with Gasteiger partial charge in [-0.1, -0.05) is 12.1 Å². The number of carbonyl (C=O) groups is 2. The second-order valence-electron chi connectivity index (χ2n) is 5.59. The highest BCUT2D eigenvalue weighted by Crippen LogP contribution is 2.48. The van der Waals surface area contributed by atoms with Gasteiger partial charge in [0.25, 0.3) is 5.91 Å². The second kappa shape index (κ2) is 7.70. The average Bonchev–Trinajstić information content (AvgIpc) is 3.39. The number of benzene rings is 1. The lowest BCUT2D eigenvalue weighted by Gasteiger charge is -2.21. The molecule has 1 atom stereocenters. The van der Waals surface area contributed by atoms with Crippen LogP contribution in [-0.2, 0) is 15.0 Å². The molecule has 1 saturated carbocycles. The quantitative estimate of drug-likeness (QED) is 0.493. The maximum Gasteiger partial charge on any atom is 0.265 e. The third-order valence-electron chi connectivity index (χ3n) is 4.17. The Bertz CT molecular complexity index is 558. The number of thioether (sulfide) groups is 1. The van der Waals surface area contributed by atoms with Crippen molar-refractivity contribution in [2.75, 3.05) is 19.1 Å². The van der Waals surface area contributed by atoms with Gasteiger partial charge in [0, 0.05) is 0 Å². The van der Waals surface area contributed by atoms with Gasteiger partial charge >= 0.3 is 0 Å². The molecule has 0 unspecified atom stereocenters. The van der Waals surface area contributed by atoms with Crippen LogP contribution in [-0.4, -0.2) is 42.2 Å². The summed E-state index contributed by atoms with van der Waals surface area (Å²) in [5, 5.41) is 11.6. The third kappa shape index (κ3) is 3.97. The summed E-state index contributed by atoms with van der Waals surface area (Å²) in [5.41, 5.74) is 1.98. The van der Waals surface area contributed by atoms with Crippen LogP contribution in [0.4, 0.5) is 0 Å². The van der Waals surface area contributed by atoms with E-state index in [4.69, 9.17) is 9.94 Å². The van der Waals surface area contributed by atoms with Crippen LogP contribution >= 0.6 is 11.8 Å². The first-order valence-corrected chi connectivity index (χ1v) is 8.85. The standard InChI is InChI=1S/C16H22N2O4S/c1-22-12-5-3-11(4-6-12)16(8-9-16)15(20)17-13(7-10-23-2)14(19)18-21/h3-6,13,21H,7-10H2,1-2H3,(H,17,20)(H,18,19)/t13-/m1/s1. The summed E-state index contributed by atoms with van der Waals surface area (Å²) in [6, 6.07) is 6.70. The van der Waals surface area contributed by atoms with Crippen LogP contribution in [0.2, 0.25) is 0 Å². The first-order valence-electron chi connectivity index (χ1n) is 7.46. The number of hydrogen-bond donors (Lipinski definition) is 3. The summed E-state index contributed by atoms with van der Waals surface area (Å²) in [5.74, 6) is 0.700. The van der Waals surface area contributed by atoms with Crippen LogP contribution in [0.1, 0.15) is 24.8 Å². The van der Waals surface area contributed by atoms with Gasteiger partial charge in [0.1, 0.15) is 11.8 Å². The Balaban J connectivity index is 2.09. The number of nitrogens with one attached hydrogen (secondary N) is 2. The zero-order valence-corrected chi connectivity index (χ0v) is 14.1. The van der Waals surface area contributed by atoms with Crippen molar-refractivity contribution >= 4 is 23.6 Å². The van der Waals surface area contributed by atoms with E-state index >= 15 is 0 Å². The van der Waals surface area contributed by atoms with Gasteiger partial charge in [-0.2, -0.15) is 11.8 Å². The van der Waals surface area contributed by atoms with Crippen molar-refractivity contribution < 1.29 is 19.5 Å². The lowest BCUT2D eigenvalue weighted by Crippen LogP contribution is -2.49.